The third kappa shape index (κ3) is 3.44. The van der Waals surface area contributed by atoms with Crippen molar-refractivity contribution in [2.45, 2.75) is 32.9 Å². The van der Waals surface area contributed by atoms with Gasteiger partial charge in [-0.05, 0) is 26.5 Å². The molecule has 1 heterocycles. The maximum absolute atomic E-state index is 10.3. The van der Waals surface area contributed by atoms with Gasteiger partial charge in [-0.2, -0.15) is 0 Å². The van der Waals surface area contributed by atoms with Crippen LogP contribution in [0.15, 0.2) is 18.2 Å². The van der Waals surface area contributed by atoms with Gasteiger partial charge in [-0.25, -0.2) is 0 Å². The lowest BCUT2D eigenvalue weighted by atomic mass is 10.1. The number of rotatable bonds is 5. The van der Waals surface area contributed by atoms with Crippen molar-refractivity contribution in [1.82, 2.24) is 9.80 Å². The lowest BCUT2D eigenvalue weighted by Gasteiger charge is -2.39. The quantitative estimate of drug-likeness (QED) is 0.896. The van der Waals surface area contributed by atoms with E-state index in [-0.39, 0.29) is 0 Å². The van der Waals surface area contributed by atoms with Crippen LogP contribution in [0.1, 0.15) is 25.8 Å². The van der Waals surface area contributed by atoms with E-state index in [1.807, 2.05) is 25.1 Å². The second-order valence-corrected chi connectivity index (χ2v) is 5.47. The van der Waals surface area contributed by atoms with Gasteiger partial charge in [0, 0.05) is 37.8 Å². The summed E-state index contributed by atoms with van der Waals surface area (Å²) in [5.74, 6) is 0.882. The lowest BCUT2D eigenvalue weighted by Crippen LogP contribution is -2.50. The molecule has 0 amide bonds. The van der Waals surface area contributed by atoms with Crippen LogP contribution in [-0.2, 0) is 6.54 Å². The van der Waals surface area contributed by atoms with E-state index in [9.17, 15) is 5.11 Å². The number of likely N-dealkylation sites (N-methyl/N-ethyl adjacent to an activating group) is 1. The van der Waals surface area contributed by atoms with Crippen molar-refractivity contribution >= 4 is 0 Å². The molecule has 1 unspecified atom stereocenters. The van der Waals surface area contributed by atoms with Crippen LogP contribution in [0.5, 0.6) is 11.5 Å². The largest absolute Gasteiger partial charge is 0.504 e. The third-order valence-electron chi connectivity index (χ3n) is 4.11. The summed E-state index contributed by atoms with van der Waals surface area (Å²) in [5.41, 5.74) is 0.954. The number of piperazine rings is 1. The Hall–Kier alpha value is -1.26. The Kier molecular flexibility index (Phi) is 5.26. The number of phenolic OH excluding ortho intramolecular Hbond substituents is 1. The average Bonchev–Trinajstić information content (AvgIpc) is 2.45. The number of hydrogen-bond donors (Lipinski definition) is 1. The SMILES string of the molecule is CCOc1cccc(CN2CCN(C)C(CC)C2)c1O. The Morgan fingerprint density at radius 1 is 1.30 bits per heavy atom. The zero-order chi connectivity index (χ0) is 14.5. The molecule has 1 aliphatic heterocycles. The zero-order valence-corrected chi connectivity index (χ0v) is 12.8. The van der Waals surface area contributed by atoms with Crippen LogP contribution in [-0.4, -0.2) is 54.2 Å². The van der Waals surface area contributed by atoms with E-state index in [2.05, 4.69) is 23.8 Å². The molecule has 4 nitrogen and oxygen atoms in total. The first-order valence-corrected chi connectivity index (χ1v) is 7.52. The Labute approximate surface area is 122 Å². The molecule has 0 radical (unpaired) electrons. The molecule has 0 spiro atoms. The highest BCUT2D eigenvalue weighted by Crippen LogP contribution is 2.31. The van der Waals surface area contributed by atoms with Gasteiger partial charge in [0.1, 0.15) is 0 Å². The molecule has 1 aliphatic rings. The zero-order valence-electron chi connectivity index (χ0n) is 12.8. The van der Waals surface area contributed by atoms with Crippen LogP contribution >= 0.6 is 0 Å². The van der Waals surface area contributed by atoms with E-state index in [1.54, 1.807) is 0 Å². The standard InChI is InChI=1S/C16H26N2O2/c1-4-14-12-18(10-9-17(14)3)11-13-7-6-8-15(16(13)19)20-5-2/h6-8,14,19H,4-5,9-12H2,1-3H3. The molecule has 0 bridgehead atoms. The molecule has 112 valence electrons. The third-order valence-corrected chi connectivity index (χ3v) is 4.11. The molecule has 1 N–H and O–H groups in total. The summed E-state index contributed by atoms with van der Waals surface area (Å²) in [5, 5.41) is 10.3. The van der Waals surface area contributed by atoms with E-state index in [0.717, 1.165) is 38.2 Å². The number of nitrogens with zero attached hydrogens (tertiary/aromatic N) is 2. The summed E-state index contributed by atoms with van der Waals surface area (Å²) in [7, 11) is 2.19. The van der Waals surface area contributed by atoms with Crippen molar-refractivity contribution < 1.29 is 9.84 Å². The highest BCUT2D eigenvalue weighted by Gasteiger charge is 2.23. The van der Waals surface area contributed by atoms with Crippen molar-refractivity contribution in [3.8, 4) is 11.5 Å². The first kappa shape index (κ1) is 15.1. The topological polar surface area (TPSA) is 35.9 Å². The molecule has 1 aromatic rings. The minimum absolute atomic E-state index is 0.293. The van der Waals surface area contributed by atoms with Gasteiger partial charge in [0.15, 0.2) is 11.5 Å². The smallest absolute Gasteiger partial charge is 0.162 e. The Bertz CT molecular complexity index is 436. The van der Waals surface area contributed by atoms with Gasteiger partial charge in [-0.1, -0.05) is 19.1 Å². The Morgan fingerprint density at radius 3 is 2.80 bits per heavy atom. The van der Waals surface area contributed by atoms with Gasteiger partial charge < -0.3 is 14.7 Å². The van der Waals surface area contributed by atoms with Crippen LogP contribution in [0.25, 0.3) is 0 Å². The van der Waals surface area contributed by atoms with Crippen molar-refractivity contribution in [1.29, 1.82) is 0 Å². The molecule has 2 rings (SSSR count). The molecule has 20 heavy (non-hydrogen) atoms. The molecular weight excluding hydrogens is 252 g/mol. The van der Waals surface area contributed by atoms with Crippen LogP contribution in [0, 0.1) is 0 Å². The average molecular weight is 278 g/mol. The highest BCUT2D eigenvalue weighted by atomic mass is 16.5. The molecule has 0 aromatic heterocycles. The normalized spacial score (nSPS) is 21.1. The first-order chi connectivity index (χ1) is 9.65. The highest BCUT2D eigenvalue weighted by molar-refractivity contribution is 5.45. The molecule has 1 atom stereocenters. The molecular formula is C16H26N2O2. The maximum Gasteiger partial charge on any atom is 0.162 e. The second kappa shape index (κ2) is 6.95. The predicted octanol–water partition coefficient (Wildman–Crippen LogP) is 2.32. The molecule has 0 saturated carbocycles. The van der Waals surface area contributed by atoms with E-state index < -0.39 is 0 Å². The minimum atomic E-state index is 0.293. The minimum Gasteiger partial charge on any atom is -0.504 e. The van der Waals surface area contributed by atoms with Gasteiger partial charge in [0.25, 0.3) is 0 Å². The summed E-state index contributed by atoms with van der Waals surface area (Å²) in [4.78, 5) is 4.84. The van der Waals surface area contributed by atoms with Crippen molar-refractivity contribution in [2.24, 2.45) is 0 Å². The molecule has 0 aliphatic carbocycles. The summed E-state index contributed by atoms with van der Waals surface area (Å²) in [6.07, 6.45) is 1.16. The predicted molar refractivity (Wildman–Crippen MR) is 81.3 cm³/mol. The number of hydrogen-bond acceptors (Lipinski definition) is 4. The number of phenols is 1. The fourth-order valence-corrected chi connectivity index (χ4v) is 2.80. The summed E-state index contributed by atoms with van der Waals surface area (Å²) in [6, 6.07) is 6.37. The van der Waals surface area contributed by atoms with Crippen LogP contribution < -0.4 is 4.74 Å². The van der Waals surface area contributed by atoms with Crippen LogP contribution in [0.2, 0.25) is 0 Å². The molecule has 1 fully saturated rings. The van der Waals surface area contributed by atoms with Gasteiger partial charge >= 0.3 is 0 Å². The summed E-state index contributed by atoms with van der Waals surface area (Å²) in [6.45, 7) is 8.72. The molecule has 1 aromatic carbocycles. The van der Waals surface area contributed by atoms with Gasteiger partial charge in [0.05, 0.1) is 6.61 Å². The molecule has 4 heteroatoms. The van der Waals surface area contributed by atoms with E-state index in [1.165, 1.54) is 0 Å². The van der Waals surface area contributed by atoms with Crippen LogP contribution in [0.3, 0.4) is 0 Å². The summed E-state index contributed by atoms with van der Waals surface area (Å²) < 4.78 is 5.45. The second-order valence-electron chi connectivity index (χ2n) is 5.47. The van der Waals surface area contributed by atoms with Crippen LogP contribution in [0.4, 0.5) is 0 Å². The first-order valence-electron chi connectivity index (χ1n) is 7.52. The van der Waals surface area contributed by atoms with Crippen molar-refractivity contribution in [3.05, 3.63) is 23.8 Å². The van der Waals surface area contributed by atoms with E-state index in [0.29, 0.717) is 24.1 Å². The fourth-order valence-electron chi connectivity index (χ4n) is 2.80. The maximum atomic E-state index is 10.3. The van der Waals surface area contributed by atoms with Crippen molar-refractivity contribution in [2.75, 3.05) is 33.3 Å². The van der Waals surface area contributed by atoms with Gasteiger partial charge in [-0.15, -0.1) is 0 Å². The van der Waals surface area contributed by atoms with Gasteiger partial charge in [0.2, 0.25) is 0 Å². The van der Waals surface area contributed by atoms with E-state index in [4.69, 9.17) is 4.74 Å². The Balaban J connectivity index is 2.05. The molecule has 1 saturated heterocycles. The number of benzene rings is 1. The summed E-state index contributed by atoms with van der Waals surface area (Å²) >= 11 is 0. The number of ether oxygens (including phenoxy) is 1. The fraction of sp³-hybridized carbons (Fsp3) is 0.625. The van der Waals surface area contributed by atoms with Gasteiger partial charge in [-0.3, -0.25) is 4.90 Å². The number of aromatic hydroxyl groups is 1. The Morgan fingerprint density at radius 2 is 2.10 bits per heavy atom. The van der Waals surface area contributed by atoms with E-state index >= 15 is 0 Å². The number of para-hydroxylation sites is 1. The monoisotopic (exact) mass is 278 g/mol. The lowest BCUT2D eigenvalue weighted by molar-refractivity contribution is 0.0877. The van der Waals surface area contributed by atoms with Crippen molar-refractivity contribution in [3.63, 3.8) is 0 Å².